The van der Waals surface area contributed by atoms with Crippen LogP contribution in [0.4, 0.5) is 0 Å². The van der Waals surface area contributed by atoms with Crippen molar-refractivity contribution in [1.29, 1.82) is 0 Å². The Morgan fingerprint density at radius 3 is 2.08 bits per heavy atom. The number of carbonyl (C=O) groups is 2. The van der Waals surface area contributed by atoms with Gasteiger partial charge in [-0.2, -0.15) is 0 Å². The average Bonchev–Trinajstić information content (AvgIpc) is 2.04. The van der Waals surface area contributed by atoms with Crippen LogP contribution in [-0.2, 0) is 9.59 Å². The highest BCUT2D eigenvalue weighted by Gasteiger charge is 2.22. The molecule has 68 valence electrons. The van der Waals surface area contributed by atoms with Gasteiger partial charge in [-0.3, -0.25) is 9.59 Å². The number of piperazine rings is 1. The van der Waals surface area contributed by atoms with E-state index in [4.69, 9.17) is 5.73 Å². The number of carbonyl (C=O) groups excluding carboxylic acids is 2. The Morgan fingerprint density at radius 2 is 1.67 bits per heavy atom. The van der Waals surface area contributed by atoms with Gasteiger partial charge >= 0.3 is 11.8 Å². The first-order chi connectivity index (χ1) is 5.61. The van der Waals surface area contributed by atoms with Crippen LogP contribution >= 0.6 is 0 Å². The third kappa shape index (κ3) is 1.94. The third-order valence-electron chi connectivity index (χ3n) is 2.00. The molecule has 1 heterocycles. The lowest BCUT2D eigenvalue weighted by Crippen LogP contribution is -2.50. The molecule has 0 spiro atoms. The van der Waals surface area contributed by atoms with Crippen LogP contribution in [0.3, 0.4) is 0 Å². The molecule has 0 atom stereocenters. The van der Waals surface area contributed by atoms with Crippen LogP contribution in [0.15, 0.2) is 0 Å². The van der Waals surface area contributed by atoms with Crippen LogP contribution < -0.4 is 5.73 Å². The molecular formula is C7H13N3O2. The van der Waals surface area contributed by atoms with Crippen molar-refractivity contribution in [2.75, 3.05) is 33.2 Å². The van der Waals surface area contributed by atoms with Crippen LogP contribution in [0.25, 0.3) is 0 Å². The van der Waals surface area contributed by atoms with Gasteiger partial charge in [0.2, 0.25) is 0 Å². The molecule has 0 bridgehead atoms. The van der Waals surface area contributed by atoms with Gasteiger partial charge in [0, 0.05) is 26.2 Å². The minimum absolute atomic E-state index is 0.567. The minimum Gasteiger partial charge on any atom is -0.361 e. The van der Waals surface area contributed by atoms with Crippen LogP contribution in [0.1, 0.15) is 0 Å². The van der Waals surface area contributed by atoms with E-state index in [9.17, 15) is 9.59 Å². The molecule has 0 radical (unpaired) electrons. The molecule has 2 amide bonds. The maximum atomic E-state index is 11.0. The van der Waals surface area contributed by atoms with Gasteiger partial charge in [-0.15, -0.1) is 0 Å². The molecule has 0 aromatic carbocycles. The highest BCUT2D eigenvalue weighted by Crippen LogP contribution is 1.98. The van der Waals surface area contributed by atoms with Crippen LogP contribution in [0, 0.1) is 0 Å². The van der Waals surface area contributed by atoms with E-state index in [0.29, 0.717) is 13.1 Å². The number of likely N-dealkylation sites (N-methyl/N-ethyl adjacent to an activating group) is 1. The zero-order valence-corrected chi connectivity index (χ0v) is 7.12. The molecule has 1 aliphatic heterocycles. The number of rotatable bonds is 0. The van der Waals surface area contributed by atoms with Gasteiger partial charge in [0.15, 0.2) is 0 Å². The van der Waals surface area contributed by atoms with E-state index >= 15 is 0 Å². The number of primary amides is 1. The first-order valence-corrected chi connectivity index (χ1v) is 3.88. The van der Waals surface area contributed by atoms with Crippen molar-refractivity contribution < 1.29 is 9.59 Å². The largest absolute Gasteiger partial charge is 0.361 e. The molecule has 0 aromatic rings. The van der Waals surface area contributed by atoms with Crippen molar-refractivity contribution >= 4 is 11.8 Å². The first-order valence-electron chi connectivity index (χ1n) is 3.88. The van der Waals surface area contributed by atoms with E-state index in [1.54, 1.807) is 0 Å². The predicted octanol–water partition coefficient (Wildman–Crippen LogP) is -1.75. The fraction of sp³-hybridized carbons (Fsp3) is 0.714. The summed E-state index contributed by atoms with van der Waals surface area (Å²) in [7, 11) is 1.98. The lowest BCUT2D eigenvalue weighted by atomic mass is 10.3. The highest BCUT2D eigenvalue weighted by atomic mass is 16.2. The summed E-state index contributed by atoms with van der Waals surface area (Å²) in [5.74, 6) is -1.43. The van der Waals surface area contributed by atoms with Gasteiger partial charge in [-0.05, 0) is 7.05 Å². The molecule has 1 saturated heterocycles. The quantitative estimate of drug-likeness (QED) is 0.439. The summed E-state index contributed by atoms with van der Waals surface area (Å²) in [6.45, 7) is 2.80. The SMILES string of the molecule is CN1CCN(C(=O)C(N)=O)CC1. The van der Waals surface area contributed by atoms with Crippen LogP contribution in [0.5, 0.6) is 0 Å². The lowest BCUT2D eigenvalue weighted by Gasteiger charge is -2.31. The van der Waals surface area contributed by atoms with E-state index in [0.717, 1.165) is 13.1 Å². The van der Waals surface area contributed by atoms with Gasteiger partial charge in [0.05, 0.1) is 0 Å². The Kier molecular flexibility index (Phi) is 2.65. The molecule has 0 aromatic heterocycles. The summed E-state index contributed by atoms with van der Waals surface area (Å²) >= 11 is 0. The molecule has 1 rings (SSSR count). The normalized spacial score (nSPS) is 19.2. The summed E-state index contributed by atoms with van der Waals surface area (Å²) < 4.78 is 0. The number of nitrogens with two attached hydrogens (primary N) is 1. The predicted molar refractivity (Wildman–Crippen MR) is 43.3 cm³/mol. The summed E-state index contributed by atoms with van der Waals surface area (Å²) in [5.41, 5.74) is 4.86. The topological polar surface area (TPSA) is 66.6 Å². The smallest absolute Gasteiger partial charge is 0.311 e. The van der Waals surface area contributed by atoms with Crippen molar-refractivity contribution in [3.05, 3.63) is 0 Å². The number of hydrogen-bond acceptors (Lipinski definition) is 3. The number of nitrogens with zero attached hydrogens (tertiary/aromatic N) is 2. The van der Waals surface area contributed by atoms with Gasteiger partial charge in [-0.1, -0.05) is 0 Å². The van der Waals surface area contributed by atoms with Crippen molar-refractivity contribution in [1.82, 2.24) is 9.80 Å². The molecule has 0 saturated carbocycles. The van der Waals surface area contributed by atoms with Gasteiger partial charge in [-0.25, -0.2) is 0 Å². The molecule has 0 aliphatic carbocycles. The van der Waals surface area contributed by atoms with E-state index in [1.165, 1.54) is 4.90 Å². The Balaban J connectivity index is 2.44. The van der Waals surface area contributed by atoms with Crippen molar-refractivity contribution in [3.63, 3.8) is 0 Å². The van der Waals surface area contributed by atoms with E-state index in [-0.39, 0.29) is 0 Å². The second-order valence-electron chi connectivity index (χ2n) is 2.96. The average molecular weight is 171 g/mol. The van der Waals surface area contributed by atoms with E-state index < -0.39 is 11.8 Å². The first kappa shape index (κ1) is 8.99. The fourth-order valence-electron chi connectivity index (χ4n) is 1.17. The summed E-state index contributed by atoms with van der Waals surface area (Å²) in [5, 5.41) is 0. The van der Waals surface area contributed by atoms with Gasteiger partial charge in [0.1, 0.15) is 0 Å². The second-order valence-corrected chi connectivity index (χ2v) is 2.96. The maximum Gasteiger partial charge on any atom is 0.311 e. The zero-order valence-electron chi connectivity index (χ0n) is 7.12. The Labute approximate surface area is 71.1 Å². The summed E-state index contributed by atoms with van der Waals surface area (Å²) in [4.78, 5) is 25.1. The Morgan fingerprint density at radius 1 is 1.17 bits per heavy atom. The molecule has 12 heavy (non-hydrogen) atoms. The fourth-order valence-corrected chi connectivity index (χ4v) is 1.17. The highest BCUT2D eigenvalue weighted by molar-refractivity contribution is 6.34. The Bertz CT molecular complexity index is 197. The van der Waals surface area contributed by atoms with Crippen molar-refractivity contribution in [2.24, 2.45) is 5.73 Å². The summed E-state index contributed by atoms with van der Waals surface area (Å²) in [6.07, 6.45) is 0. The van der Waals surface area contributed by atoms with E-state index in [1.807, 2.05) is 7.05 Å². The molecule has 5 nitrogen and oxygen atoms in total. The molecule has 0 unspecified atom stereocenters. The van der Waals surface area contributed by atoms with Crippen molar-refractivity contribution in [2.45, 2.75) is 0 Å². The Hall–Kier alpha value is -1.10. The molecule has 1 aliphatic rings. The lowest BCUT2D eigenvalue weighted by molar-refractivity contribution is -0.145. The zero-order chi connectivity index (χ0) is 9.14. The van der Waals surface area contributed by atoms with Crippen LogP contribution in [0.2, 0.25) is 0 Å². The standard InChI is InChI=1S/C7H13N3O2/c1-9-2-4-10(5-3-9)7(12)6(8)11/h2-5H2,1H3,(H2,8,11). The van der Waals surface area contributed by atoms with E-state index in [2.05, 4.69) is 4.90 Å². The summed E-state index contributed by atoms with van der Waals surface area (Å²) in [6, 6.07) is 0. The second kappa shape index (κ2) is 3.53. The minimum atomic E-state index is -0.862. The molecule has 2 N–H and O–H groups in total. The number of hydrogen-bond donors (Lipinski definition) is 1. The monoisotopic (exact) mass is 171 g/mol. The molecular weight excluding hydrogens is 158 g/mol. The van der Waals surface area contributed by atoms with Gasteiger partial charge < -0.3 is 15.5 Å². The van der Waals surface area contributed by atoms with Crippen molar-refractivity contribution in [3.8, 4) is 0 Å². The molecule has 5 heteroatoms. The molecule has 1 fully saturated rings. The number of amides is 2. The van der Waals surface area contributed by atoms with Crippen LogP contribution in [-0.4, -0.2) is 54.8 Å². The third-order valence-corrected chi connectivity index (χ3v) is 2.00. The van der Waals surface area contributed by atoms with Gasteiger partial charge in [0.25, 0.3) is 0 Å². The maximum absolute atomic E-state index is 11.0.